The Morgan fingerprint density at radius 2 is 1.96 bits per heavy atom. The monoisotopic (exact) mass is 349 g/mol. The smallest absolute Gasteiger partial charge is 0.251 e. The van der Waals surface area contributed by atoms with Gasteiger partial charge in [-0.05, 0) is 55.8 Å². The van der Waals surface area contributed by atoms with E-state index in [1.54, 1.807) is 24.3 Å². The number of hydrogen-bond donors (Lipinski definition) is 1. The molecule has 1 heterocycles. The minimum absolute atomic E-state index is 0.186. The summed E-state index contributed by atoms with van der Waals surface area (Å²) < 4.78 is 6.03. The largest absolute Gasteiger partial charge is 0.490 e. The van der Waals surface area contributed by atoms with Crippen molar-refractivity contribution in [3.05, 3.63) is 65.2 Å². The van der Waals surface area contributed by atoms with Crippen LogP contribution < -0.4 is 10.1 Å². The summed E-state index contributed by atoms with van der Waals surface area (Å²) in [6.07, 6.45) is 2.38. The van der Waals surface area contributed by atoms with Crippen LogP contribution in [-0.2, 0) is 6.54 Å². The Labute approximate surface area is 154 Å². The highest BCUT2D eigenvalue weighted by Crippen LogP contribution is 2.19. The van der Waals surface area contributed by atoms with Crippen LogP contribution in [0.3, 0.4) is 0 Å². The van der Waals surface area contributed by atoms with Gasteiger partial charge >= 0.3 is 0 Å². The lowest BCUT2D eigenvalue weighted by Gasteiger charge is -2.29. The Balaban J connectivity index is 1.51. The molecular weight excluding hydrogens is 326 g/mol. The number of hydrogen-bond acceptors (Lipinski definition) is 4. The predicted octanol–water partition coefficient (Wildman–Crippen LogP) is 2.96. The molecule has 3 rings (SSSR count). The van der Waals surface area contributed by atoms with E-state index in [9.17, 15) is 4.79 Å². The van der Waals surface area contributed by atoms with Crippen molar-refractivity contribution >= 4 is 5.91 Å². The third-order valence-corrected chi connectivity index (χ3v) is 4.60. The second-order valence-corrected chi connectivity index (χ2v) is 6.64. The summed E-state index contributed by atoms with van der Waals surface area (Å²) >= 11 is 0. The first-order chi connectivity index (χ1) is 12.6. The standard InChI is InChI=1S/C21H23N3O2/c1-24-11-9-20(10-12-24)26-19-7-5-16(6-8-19)15-23-21(25)18-4-2-3-17(13-18)14-22/h2-8,13,20H,9-12,15H2,1H3,(H,23,25). The van der Waals surface area contributed by atoms with Crippen LogP contribution in [0.2, 0.25) is 0 Å². The summed E-state index contributed by atoms with van der Waals surface area (Å²) in [4.78, 5) is 14.5. The van der Waals surface area contributed by atoms with Crippen LogP contribution in [0.15, 0.2) is 48.5 Å². The molecule has 0 radical (unpaired) electrons. The van der Waals surface area contributed by atoms with Gasteiger partial charge in [0.25, 0.3) is 5.91 Å². The molecule has 1 fully saturated rings. The molecule has 0 spiro atoms. The van der Waals surface area contributed by atoms with Crippen LogP contribution in [0.25, 0.3) is 0 Å². The van der Waals surface area contributed by atoms with Gasteiger partial charge in [0.2, 0.25) is 0 Å². The number of nitrogens with zero attached hydrogens (tertiary/aromatic N) is 2. The average Bonchev–Trinajstić information content (AvgIpc) is 2.69. The van der Waals surface area contributed by atoms with Gasteiger partial charge in [-0.1, -0.05) is 18.2 Å². The van der Waals surface area contributed by atoms with Crippen molar-refractivity contribution in [3.63, 3.8) is 0 Å². The first-order valence-corrected chi connectivity index (χ1v) is 8.86. The predicted molar refractivity (Wildman–Crippen MR) is 99.9 cm³/mol. The van der Waals surface area contributed by atoms with Crippen molar-refractivity contribution in [1.29, 1.82) is 5.26 Å². The van der Waals surface area contributed by atoms with Crippen molar-refractivity contribution in [1.82, 2.24) is 10.2 Å². The fourth-order valence-electron chi connectivity index (χ4n) is 3.00. The van der Waals surface area contributed by atoms with Crippen LogP contribution in [0.5, 0.6) is 5.75 Å². The minimum Gasteiger partial charge on any atom is -0.490 e. The van der Waals surface area contributed by atoms with Crippen molar-refractivity contribution in [2.24, 2.45) is 0 Å². The zero-order valence-electron chi connectivity index (χ0n) is 14.9. The minimum atomic E-state index is -0.186. The third-order valence-electron chi connectivity index (χ3n) is 4.60. The fraction of sp³-hybridized carbons (Fsp3) is 0.333. The van der Waals surface area contributed by atoms with Crippen molar-refractivity contribution < 1.29 is 9.53 Å². The number of nitrogens with one attached hydrogen (secondary N) is 1. The van der Waals surface area contributed by atoms with Gasteiger partial charge < -0.3 is 15.0 Å². The maximum absolute atomic E-state index is 12.2. The highest BCUT2D eigenvalue weighted by molar-refractivity contribution is 5.94. The van der Waals surface area contributed by atoms with E-state index in [-0.39, 0.29) is 12.0 Å². The number of carbonyl (C=O) groups is 1. The fourth-order valence-corrected chi connectivity index (χ4v) is 3.00. The third kappa shape index (κ3) is 4.84. The van der Waals surface area contributed by atoms with Crippen LogP contribution in [0, 0.1) is 11.3 Å². The summed E-state index contributed by atoms with van der Waals surface area (Å²) in [6.45, 7) is 2.58. The van der Waals surface area contributed by atoms with Crippen molar-refractivity contribution in [2.75, 3.05) is 20.1 Å². The normalized spacial score (nSPS) is 15.2. The number of carbonyl (C=O) groups excluding carboxylic acids is 1. The molecule has 1 amide bonds. The Morgan fingerprint density at radius 1 is 1.23 bits per heavy atom. The van der Waals surface area contributed by atoms with Gasteiger partial charge in [-0.3, -0.25) is 4.79 Å². The molecule has 2 aromatic rings. The molecular formula is C21H23N3O2. The SMILES string of the molecule is CN1CCC(Oc2ccc(CNC(=O)c3cccc(C#N)c3)cc2)CC1. The lowest BCUT2D eigenvalue weighted by Crippen LogP contribution is -2.35. The van der Waals surface area contributed by atoms with E-state index in [0.29, 0.717) is 17.7 Å². The Kier molecular flexibility index (Phi) is 5.88. The van der Waals surface area contributed by atoms with Gasteiger partial charge in [0, 0.05) is 25.2 Å². The molecule has 1 aliphatic rings. The number of amides is 1. The second-order valence-electron chi connectivity index (χ2n) is 6.64. The lowest BCUT2D eigenvalue weighted by molar-refractivity contribution is 0.0951. The maximum atomic E-state index is 12.2. The molecule has 1 saturated heterocycles. The molecule has 0 saturated carbocycles. The molecule has 0 aromatic heterocycles. The summed E-state index contributed by atoms with van der Waals surface area (Å²) in [5, 5.41) is 11.8. The lowest BCUT2D eigenvalue weighted by atomic mass is 10.1. The number of ether oxygens (including phenoxy) is 1. The highest BCUT2D eigenvalue weighted by Gasteiger charge is 2.17. The van der Waals surface area contributed by atoms with Crippen LogP contribution in [0.1, 0.15) is 34.3 Å². The number of benzene rings is 2. The second kappa shape index (κ2) is 8.50. The molecule has 1 aliphatic heterocycles. The summed E-state index contributed by atoms with van der Waals surface area (Å²) in [7, 11) is 2.13. The molecule has 2 aromatic carbocycles. The number of nitriles is 1. The molecule has 0 bridgehead atoms. The quantitative estimate of drug-likeness (QED) is 0.901. The van der Waals surface area contributed by atoms with E-state index in [2.05, 4.69) is 17.3 Å². The van der Waals surface area contributed by atoms with E-state index in [1.807, 2.05) is 30.3 Å². The van der Waals surface area contributed by atoms with Gasteiger partial charge in [-0.15, -0.1) is 0 Å². The summed E-state index contributed by atoms with van der Waals surface area (Å²) in [5.74, 6) is 0.685. The van der Waals surface area contributed by atoms with Gasteiger partial charge in [0.15, 0.2) is 0 Å². The van der Waals surface area contributed by atoms with Gasteiger partial charge in [-0.2, -0.15) is 5.26 Å². The Bertz CT molecular complexity index is 788. The number of rotatable bonds is 5. The summed E-state index contributed by atoms with van der Waals surface area (Å²) in [6, 6.07) is 16.6. The van der Waals surface area contributed by atoms with Crippen LogP contribution in [0.4, 0.5) is 0 Å². The molecule has 1 N–H and O–H groups in total. The van der Waals surface area contributed by atoms with E-state index in [1.165, 1.54) is 0 Å². The van der Waals surface area contributed by atoms with Crippen LogP contribution >= 0.6 is 0 Å². The first-order valence-electron chi connectivity index (χ1n) is 8.86. The van der Waals surface area contributed by atoms with E-state index in [4.69, 9.17) is 10.00 Å². The molecule has 134 valence electrons. The Morgan fingerprint density at radius 3 is 2.65 bits per heavy atom. The number of piperidine rings is 1. The Hall–Kier alpha value is -2.84. The molecule has 0 atom stereocenters. The van der Waals surface area contributed by atoms with Gasteiger partial charge in [0.05, 0.1) is 11.6 Å². The average molecular weight is 349 g/mol. The molecule has 0 unspecified atom stereocenters. The molecule has 5 nitrogen and oxygen atoms in total. The van der Waals surface area contributed by atoms with E-state index in [0.717, 1.165) is 37.2 Å². The van der Waals surface area contributed by atoms with Crippen LogP contribution in [-0.4, -0.2) is 37.0 Å². The first kappa shape index (κ1) is 18.0. The van der Waals surface area contributed by atoms with Crippen molar-refractivity contribution in [3.8, 4) is 11.8 Å². The van der Waals surface area contributed by atoms with E-state index < -0.39 is 0 Å². The highest BCUT2D eigenvalue weighted by atomic mass is 16.5. The number of likely N-dealkylation sites (tertiary alicyclic amines) is 1. The zero-order chi connectivity index (χ0) is 18.4. The van der Waals surface area contributed by atoms with Gasteiger partial charge in [-0.25, -0.2) is 0 Å². The zero-order valence-corrected chi connectivity index (χ0v) is 14.9. The van der Waals surface area contributed by atoms with Gasteiger partial charge in [0.1, 0.15) is 11.9 Å². The van der Waals surface area contributed by atoms with Crippen molar-refractivity contribution in [2.45, 2.75) is 25.5 Å². The van der Waals surface area contributed by atoms with E-state index >= 15 is 0 Å². The molecule has 5 heteroatoms. The maximum Gasteiger partial charge on any atom is 0.251 e. The summed E-state index contributed by atoms with van der Waals surface area (Å²) in [5.41, 5.74) is 1.98. The topological polar surface area (TPSA) is 65.4 Å². The molecule has 26 heavy (non-hydrogen) atoms. The molecule has 0 aliphatic carbocycles.